The summed E-state index contributed by atoms with van der Waals surface area (Å²) in [4.78, 5) is 37.4. The van der Waals surface area contributed by atoms with E-state index in [1.54, 1.807) is 105 Å². The fourth-order valence-electron chi connectivity index (χ4n) is 3.32. The zero-order chi connectivity index (χ0) is 26.0. The molecule has 0 aromatic heterocycles. The van der Waals surface area contributed by atoms with Crippen molar-refractivity contribution in [2.75, 3.05) is 18.5 Å². The van der Waals surface area contributed by atoms with E-state index in [9.17, 15) is 18.9 Å². The third kappa shape index (κ3) is 7.38. The Labute approximate surface area is 210 Å². The number of Topliss-reactive ketones (excluding diaryl/α,β-unsaturated/α-hetero) is 1. The number of nitrogens with one attached hydrogen (secondary N) is 2. The number of ether oxygens (including phenoxy) is 1. The van der Waals surface area contributed by atoms with Crippen molar-refractivity contribution in [3.05, 3.63) is 91.0 Å². The van der Waals surface area contributed by atoms with Gasteiger partial charge in [-0.15, -0.1) is 0 Å². The van der Waals surface area contributed by atoms with Crippen molar-refractivity contribution < 1.29 is 28.2 Å². The number of carbonyl (C=O) groups is 3. The largest absolute Gasteiger partial charge is 0.436 e. The number of hydrogen-bond acceptors (Lipinski definition) is 6. The summed E-state index contributed by atoms with van der Waals surface area (Å²) in [6.07, 6.45) is -1.89. The molecule has 2 N–H and O–H groups in total. The highest BCUT2D eigenvalue weighted by atomic mass is 31.2. The molecule has 8 nitrogen and oxygen atoms in total. The second-order valence-corrected chi connectivity index (χ2v) is 10.7. The van der Waals surface area contributed by atoms with Crippen LogP contribution >= 0.6 is 7.37 Å². The maximum absolute atomic E-state index is 13.8. The molecule has 36 heavy (non-hydrogen) atoms. The van der Waals surface area contributed by atoms with Gasteiger partial charge in [0, 0.05) is 16.3 Å². The number of rotatable bonds is 11. The van der Waals surface area contributed by atoms with Gasteiger partial charge in [0.05, 0.1) is 6.54 Å². The minimum atomic E-state index is -3.52. The van der Waals surface area contributed by atoms with Gasteiger partial charge in [0.1, 0.15) is 6.61 Å². The lowest BCUT2D eigenvalue weighted by Gasteiger charge is -2.21. The van der Waals surface area contributed by atoms with Gasteiger partial charge in [-0.05, 0) is 42.3 Å². The minimum absolute atomic E-state index is 0.339. The monoisotopic (exact) mass is 508 g/mol. The zero-order valence-corrected chi connectivity index (χ0v) is 21.0. The van der Waals surface area contributed by atoms with E-state index < -0.39 is 37.9 Å². The van der Waals surface area contributed by atoms with Crippen molar-refractivity contribution in [3.8, 4) is 0 Å². The molecule has 3 rings (SSSR count). The summed E-state index contributed by atoms with van der Waals surface area (Å²) in [7, 11) is -3.52. The summed E-state index contributed by atoms with van der Waals surface area (Å²) in [5.74, 6) is -1.43. The van der Waals surface area contributed by atoms with Gasteiger partial charge < -0.3 is 14.6 Å². The van der Waals surface area contributed by atoms with Gasteiger partial charge in [-0.2, -0.15) is 0 Å². The van der Waals surface area contributed by atoms with E-state index >= 15 is 0 Å². The lowest BCUT2D eigenvalue weighted by atomic mass is 10.1. The molecule has 9 heteroatoms. The third-order valence-corrected chi connectivity index (χ3v) is 7.63. The summed E-state index contributed by atoms with van der Waals surface area (Å²) >= 11 is 0. The lowest BCUT2D eigenvalue weighted by molar-refractivity contribution is -0.133. The highest BCUT2D eigenvalue weighted by molar-refractivity contribution is 7.74. The first-order valence-corrected chi connectivity index (χ1v) is 13.1. The Bertz CT molecular complexity index is 1160. The maximum Gasteiger partial charge on any atom is 0.412 e. The molecule has 3 aromatic rings. The van der Waals surface area contributed by atoms with Crippen LogP contribution in [0.5, 0.6) is 0 Å². The van der Waals surface area contributed by atoms with Crippen LogP contribution in [-0.2, 0) is 23.4 Å². The first-order valence-electron chi connectivity index (χ1n) is 11.5. The molecule has 1 unspecified atom stereocenters. The Hall–Kier alpha value is -3.74. The molecule has 0 aliphatic carbocycles. The summed E-state index contributed by atoms with van der Waals surface area (Å²) < 4.78 is 24.8. The van der Waals surface area contributed by atoms with E-state index in [2.05, 4.69) is 10.6 Å². The van der Waals surface area contributed by atoms with Crippen molar-refractivity contribution in [1.29, 1.82) is 0 Å². The topological polar surface area (TPSA) is 111 Å². The molecule has 0 saturated carbocycles. The van der Waals surface area contributed by atoms with Crippen LogP contribution in [0.2, 0.25) is 0 Å². The highest BCUT2D eigenvalue weighted by Crippen LogP contribution is 2.44. The number of carbonyl (C=O) groups excluding carboxylic acids is 3. The normalized spacial score (nSPS) is 12.0. The summed E-state index contributed by atoms with van der Waals surface area (Å²) in [6.45, 7) is 2.61. The SMILES string of the molecule is CC(C)C(OC(=O)Nc1ccccc1)C(=O)NCC(=O)COP(=O)(c1ccccc1)c1ccccc1. The molecule has 0 fully saturated rings. The van der Waals surface area contributed by atoms with Crippen molar-refractivity contribution in [3.63, 3.8) is 0 Å². The first-order chi connectivity index (χ1) is 17.3. The minimum Gasteiger partial charge on any atom is -0.436 e. The van der Waals surface area contributed by atoms with Crippen LogP contribution in [0.3, 0.4) is 0 Å². The van der Waals surface area contributed by atoms with Crippen molar-refractivity contribution in [1.82, 2.24) is 5.32 Å². The molecular formula is C27H29N2O6P. The number of hydrogen-bond donors (Lipinski definition) is 2. The smallest absolute Gasteiger partial charge is 0.412 e. The van der Waals surface area contributed by atoms with E-state index in [0.29, 0.717) is 16.3 Å². The van der Waals surface area contributed by atoms with E-state index in [1.165, 1.54) is 0 Å². The van der Waals surface area contributed by atoms with Gasteiger partial charge in [0.15, 0.2) is 11.9 Å². The molecule has 0 radical (unpaired) electrons. The van der Waals surface area contributed by atoms with Gasteiger partial charge >= 0.3 is 6.09 Å². The molecule has 0 aliphatic rings. The molecule has 3 aromatic carbocycles. The molecule has 0 saturated heterocycles. The third-order valence-electron chi connectivity index (χ3n) is 5.18. The lowest BCUT2D eigenvalue weighted by Crippen LogP contribution is -2.44. The average Bonchev–Trinajstić information content (AvgIpc) is 2.90. The maximum atomic E-state index is 13.8. The quantitative estimate of drug-likeness (QED) is 0.380. The fourth-order valence-corrected chi connectivity index (χ4v) is 5.37. The predicted octanol–water partition coefficient (Wildman–Crippen LogP) is 3.89. The van der Waals surface area contributed by atoms with E-state index in [4.69, 9.17) is 9.26 Å². The molecular weight excluding hydrogens is 479 g/mol. The van der Waals surface area contributed by atoms with E-state index in [1.807, 2.05) is 0 Å². The second kappa shape index (κ2) is 12.8. The Morgan fingerprint density at radius 1 is 0.806 bits per heavy atom. The van der Waals surface area contributed by atoms with Crippen LogP contribution in [0, 0.1) is 5.92 Å². The number of ketones is 1. The average molecular weight is 509 g/mol. The summed E-state index contributed by atoms with van der Waals surface area (Å²) in [6, 6.07) is 26.0. The van der Waals surface area contributed by atoms with Crippen LogP contribution in [0.25, 0.3) is 0 Å². The molecule has 188 valence electrons. The predicted molar refractivity (Wildman–Crippen MR) is 139 cm³/mol. The molecule has 1 atom stereocenters. The number of anilines is 1. The number of para-hydroxylation sites is 1. The van der Waals surface area contributed by atoms with Crippen molar-refractivity contribution >= 4 is 41.4 Å². The Balaban J connectivity index is 1.58. The van der Waals surface area contributed by atoms with Crippen LogP contribution < -0.4 is 21.2 Å². The van der Waals surface area contributed by atoms with Gasteiger partial charge in [-0.25, -0.2) is 4.79 Å². The highest BCUT2D eigenvalue weighted by Gasteiger charge is 2.30. The van der Waals surface area contributed by atoms with Crippen LogP contribution in [-0.4, -0.2) is 37.0 Å². The Morgan fingerprint density at radius 3 is 1.81 bits per heavy atom. The fraction of sp³-hybridized carbons (Fsp3) is 0.222. The Kier molecular flexibility index (Phi) is 9.56. The molecule has 0 spiro atoms. The van der Waals surface area contributed by atoms with Crippen LogP contribution in [0.1, 0.15) is 13.8 Å². The van der Waals surface area contributed by atoms with Gasteiger partial charge in [0.2, 0.25) is 0 Å². The van der Waals surface area contributed by atoms with Gasteiger partial charge in [-0.3, -0.25) is 19.5 Å². The first kappa shape index (κ1) is 26.9. The van der Waals surface area contributed by atoms with Gasteiger partial charge in [0.25, 0.3) is 13.3 Å². The zero-order valence-electron chi connectivity index (χ0n) is 20.1. The molecule has 2 amide bonds. The summed E-state index contributed by atoms with van der Waals surface area (Å²) in [5.41, 5.74) is 0.527. The molecule has 0 bridgehead atoms. The summed E-state index contributed by atoms with van der Waals surface area (Å²) in [5, 5.41) is 5.97. The Morgan fingerprint density at radius 2 is 1.31 bits per heavy atom. The second-order valence-electron chi connectivity index (χ2n) is 8.31. The van der Waals surface area contributed by atoms with Crippen LogP contribution in [0.4, 0.5) is 10.5 Å². The van der Waals surface area contributed by atoms with Gasteiger partial charge in [-0.1, -0.05) is 68.4 Å². The number of amides is 2. The number of benzene rings is 3. The van der Waals surface area contributed by atoms with Crippen molar-refractivity contribution in [2.24, 2.45) is 5.92 Å². The van der Waals surface area contributed by atoms with E-state index in [-0.39, 0.29) is 12.5 Å². The van der Waals surface area contributed by atoms with Crippen LogP contribution in [0.15, 0.2) is 91.0 Å². The van der Waals surface area contributed by atoms with E-state index in [0.717, 1.165) is 0 Å². The molecule has 0 heterocycles. The molecule has 0 aliphatic heterocycles. The van der Waals surface area contributed by atoms with Crippen molar-refractivity contribution in [2.45, 2.75) is 20.0 Å². The standard InChI is InChI=1S/C27H29N2O6P/c1-20(2)25(35-27(32)29-21-12-6-3-7-13-21)26(31)28-18-22(30)19-34-36(33,23-14-8-4-9-15-23)24-16-10-5-11-17-24/h3-17,20,25H,18-19H2,1-2H3,(H,28,31)(H,29,32).